The topological polar surface area (TPSA) is 59.1 Å². The average Bonchev–Trinajstić information content (AvgIpc) is 2.53. The van der Waals surface area contributed by atoms with Crippen LogP contribution in [0.15, 0.2) is 29.4 Å². The fourth-order valence-corrected chi connectivity index (χ4v) is 3.41. The maximum atomic E-state index is 13.5. The Hall–Kier alpha value is -1.85. The van der Waals surface area contributed by atoms with Crippen LogP contribution in [0.2, 0.25) is 5.02 Å². The molecule has 1 aromatic carbocycles. The molecule has 1 N–H and O–H groups in total. The third-order valence-electron chi connectivity index (χ3n) is 3.19. The molecule has 0 saturated heterocycles. The number of aromatic nitrogens is 1. The van der Waals surface area contributed by atoms with Gasteiger partial charge in [0.1, 0.15) is 0 Å². The van der Waals surface area contributed by atoms with Crippen molar-refractivity contribution in [2.75, 3.05) is 6.54 Å². The number of sulfonamides is 1. The first-order chi connectivity index (χ1) is 11.9. The van der Waals surface area contributed by atoms with Gasteiger partial charge in [-0.25, -0.2) is 31.3 Å². The zero-order valence-electron chi connectivity index (χ0n) is 12.5. The van der Waals surface area contributed by atoms with Crippen LogP contribution in [-0.4, -0.2) is 19.9 Å². The normalized spacial score (nSPS) is 12.4. The number of benzene rings is 1. The first kappa shape index (κ1) is 20.5. The monoisotopic (exact) mass is 418 g/mol. The Bertz CT molecular complexity index is 934. The summed E-state index contributed by atoms with van der Waals surface area (Å²) < 4.78 is 103. The minimum Gasteiger partial charge on any atom is -0.241 e. The first-order valence-corrected chi connectivity index (χ1v) is 8.64. The molecule has 2 rings (SSSR count). The number of alkyl halides is 3. The molecule has 26 heavy (non-hydrogen) atoms. The van der Waals surface area contributed by atoms with Crippen molar-refractivity contribution in [3.05, 3.63) is 58.0 Å². The molecule has 0 amide bonds. The van der Waals surface area contributed by atoms with Crippen LogP contribution < -0.4 is 4.72 Å². The van der Waals surface area contributed by atoms with E-state index in [1.807, 2.05) is 4.72 Å². The van der Waals surface area contributed by atoms with Crippen molar-refractivity contribution >= 4 is 21.6 Å². The second-order valence-electron chi connectivity index (χ2n) is 4.99. The van der Waals surface area contributed by atoms with Crippen molar-refractivity contribution in [1.82, 2.24) is 9.71 Å². The molecular weight excluding hydrogens is 410 g/mol. The summed E-state index contributed by atoms with van der Waals surface area (Å²) in [5.41, 5.74) is -1.52. The van der Waals surface area contributed by atoms with Crippen LogP contribution in [0.4, 0.5) is 26.3 Å². The van der Waals surface area contributed by atoms with E-state index in [9.17, 15) is 34.8 Å². The third-order valence-corrected chi connectivity index (χ3v) is 5.01. The highest BCUT2D eigenvalue weighted by atomic mass is 35.5. The molecule has 0 fully saturated rings. The number of halogens is 7. The fraction of sp³-hybridized carbons (Fsp3) is 0.214. The van der Waals surface area contributed by atoms with Gasteiger partial charge in [-0.1, -0.05) is 17.7 Å². The highest BCUT2D eigenvalue weighted by Crippen LogP contribution is 2.32. The second-order valence-corrected chi connectivity index (χ2v) is 7.08. The van der Waals surface area contributed by atoms with E-state index in [1.165, 1.54) is 0 Å². The molecule has 1 aromatic heterocycles. The van der Waals surface area contributed by atoms with E-state index < -0.39 is 55.8 Å². The Kier molecular flexibility index (Phi) is 5.83. The molecule has 0 aliphatic rings. The summed E-state index contributed by atoms with van der Waals surface area (Å²) in [5, 5.41) is -1.61. The van der Waals surface area contributed by atoms with Gasteiger partial charge in [0.2, 0.25) is 0 Å². The van der Waals surface area contributed by atoms with Gasteiger partial charge >= 0.3 is 6.18 Å². The minimum absolute atomic E-state index is 0.293. The first-order valence-electron chi connectivity index (χ1n) is 6.78. The number of hydrogen-bond acceptors (Lipinski definition) is 3. The summed E-state index contributed by atoms with van der Waals surface area (Å²) >= 11 is 5.55. The van der Waals surface area contributed by atoms with E-state index in [2.05, 4.69) is 4.98 Å². The molecule has 142 valence electrons. The Morgan fingerprint density at radius 3 is 2.35 bits per heavy atom. The SMILES string of the molecule is O=S(=O)(NCCc1ccc(F)c(F)c1F)c1ncc(C(F)(F)F)cc1Cl. The van der Waals surface area contributed by atoms with Crippen molar-refractivity contribution in [1.29, 1.82) is 0 Å². The summed E-state index contributed by atoms with van der Waals surface area (Å²) in [5.74, 6) is -4.56. The average molecular weight is 419 g/mol. The third kappa shape index (κ3) is 4.46. The minimum atomic E-state index is -4.75. The zero-order chi connectivity index (χ0) is 19.7. The van der Waals surface area contributed by atoms with Crippen molar-refractivity contribution in [2.45, 2.75) is 17.6 Å². The lowest BCUT2D eigenvalue weighted by Crippen LogP contribution is -2.27. The predicted octanol–water partition coefficient (Wildman–Crippen LogP) is 3.69. The van der Waals surface area contributed by atoms with Gasteiger partial charge in [-0.15, -0.1) is 0 Å². The van der Waals surface area contributed by atoms with Crippen LogP contribution in [0, 0.1) is 17.5 Å². The van der Waals surface area contributed by atoms with E-state index in [0.29, 0.717) is 18.3 Å². The number of pyridine rings is 1. The Morgan fingerprint density at radius 1 is 1.12 bits per heavy atom. The van der Waals surface area contributed by atoms with Crippen LogP contribution in [0.5, 0.6) is 0 Å². The van der Waals surface area contributed by atoms with Gasteiger partial charge in [-0.05, 0) is 24.1 Å². The summed E-state index contributed by atoms with van der Waals surface area (Å²) in [6, 6.07) is 2.01. The van der Waals surface area contributed by atoms with E-state index in [0.717, 1.165) is 6.07 Å². The lowest BCUT2D eigenvalue weighted by Gasteiger charge is -2.11. The lowest BCUT2D eigenvalue weighted by molar-refractivity contribution is -0.137. The van der Waals surface area contributed by atoms with E-state index >= 15 is 0 Å². The molecule has 4 nitrogen and oxygen atoms in total. The number of rotatable bonds is 5. The molecule has 0 unspecified atom stereocenters. The standard InChI is InChI=1S/C14H9ClF6N2O2S/c15-9-5-8(14(19,20)21)6-22-13(9)26(24,25)23-4-3-7-1-2-10(16)12(18)11(7)17/h1-2,5-6,23H,3-4H2. The molecule has 12 heteroatoms. The van der Waals surface area contributed by atoms with E-state index in [4.69, 9.17) is 11.6 Å². The molecule has 0 bridgehead atoms. The Balaban J connectivity index is 2.14. The van der Waals surface area contributed by atoms with Crippen molar-refractivity contribution in [3.63, 3.8) is 0 Å². The molecule has 1 heterocycles. The van der Waals surface area contributed by atoms with Gasteiger partial charge in [-0.3, -0.25) is 0 Å². The molecule has 0 aliphatic heterocycles. The van der Waals surface area contributed by atoms with Gasteiger partial charge in [0.25, 0.3) is 10.0 Å². The van der Waals surface area contributed by atoms with E-state index in [-0.39, 0.29) is 12.0 Å². The van der Waals surface area contributed by atoms with Gasteiger partial charge < -0.3 is 0 Å². The van der Waals surface area contributed by atoms with Crippen molar-refractivity contribution in [3.8, 4) is 0 Å². The number of nitrogens with zero attached hydrogens (tertiary/aromatic N) is 1. The highest BCUT2D eigenvalue weighted by molar-refractivity contribution is 7.89. The van der Waals surface area contributed by atoms with Gasteiger partial charge in [0.15, 0.2) is 22.5 Å². The molecule has 0 aliphatic carbocycles. The largest absolute Gasteiger partial charge is 0.417 e. The Labute approximate surface area is 148 Å². The molecule has 2 aromatic rings. The molecule has 0 spiro atoms. The summed E-state index contributed by atoms with van der Waals surface area (Å²) in [6.07, 6.45) is -4.80. The summed E-state index contributed by atoms with van der Waals surface area (Å²) in [6.45, 7) is -0.455. The van der Waals surface area contributed by atoms with E-state index in [1.54, 1.807) is 0 Å². The van der Waals surface area contributed by atoms with Crippen LogP contribution in [-0.2, 0) is 22.6 Å². The Morgan fingerprint density at radius 2 is 1.77 bits per heavy atom. The maximum Gasteiger partial charge on any atom is 0.417 e. The van der Waals surface area contributed by atoms with Gasteiger partial charge in [-0.2, -0.15) is 13.2 Å². The van der Waals surface area contributed by atoms with Crippen molar-refractivity contribution in [2.24, 2.45) is 0 Å². The molecule has 0 saturated carbocycles. The number of nitrogens with one attached hydrogen (secondary N) is 1. The van der Waals surface area contributed by atoms with Crippen LogP contribution in [0.1, 0.15) is 11.1 Å². The predicted molar refractivity (Wildman–Crippen MR) is 79.5 cm³/mol. The lowest BCUT2D eigenvalue weighted by atomic mass is 10.1. The quantitative estimate of drug-likeness (QED) is 0.595. The van der Waals surface area contributed by atoms with Crippen molar-refractivity contribution < 1.29 is 34.8 Å². The van der Waals surface area contributed by atoms with Gasteiger partial charge in [0.05, 0.1) is 10.6 Å². The highest BCUT2D eigenvalue weighted by Gasteiger charge is 2.33. The van der Waals surface area contributed by atoms with Crippen LogP contribution >= 0.6 is 11.6 Å². The molecular formula is C14H9ClF6N2O2S. The van der Waals surface area contributed by atoms with Gasteiger partial charge in [0, 0.05) is 12.7 Å². The maximum absolute atomic E-state index is 13.5. The van der Waals surface area contributed by atoms with Crippen LogP contribution in [0.3, 0.4) is 0 Å². The summed E-state index contributed by atoms with van der Waals surface area (Å²) in [7, 11) is -4.41. The summed E-state index contributed by atoms with van der Waals surface area (Å²) in [4.78, 5) is 3.20. The zero-order valence-corrected chi connectivity index (χ0v) is 14.1. The number of hydrogen-bond donors (Lipinski definition) is 1. The second kappa shape index (κ2) is 7.41. The van der Waals surface area contributed by atoms with Crippen LogP contribution in [0.25, 0.3) is 0 Å². The molecule has 0 atom stereocenters. The smallest absolute Gasteiger partial charge is 0.241 e. The fourth-order valence-electron chi connectivity index (χ4n) is 1.93. The molecule has 0 radical (unpaired) electrons.